The van der Waals surface area contributed by atoms with Crippen LogP contribution in [0.25, 0.3) is 0 Å². The number of hydrogen-bond donors (Lipinski definition) is 0. The first-order valence-electron chi connectivity index (χ1n) is 11.6. The second kappa shape index (κ2) is 10.1. The zero-order chi connectivity index (χ0) is 20.8. The number of hydrogen-bond acceptors (Lipinski definition) is 5. The monoisotopic (exact) mass is 419 g/mol. The van der Waals surface area contributed by atoms with Gasteiger partial charge in [-0.2, -0.15) is 0 Å². The third kappa shape index (κ3) is 5.14. The molecule has 0 amide bonds. The first-order valence-corrected chi connectivity index (χ1v) is 11.6. The molecular formula is C24H34FNO4. The Morgan fingerprint density at radius 3 is 2.57 bits per heavy atom. The Labute approximate surface area is 178 Å². The fourth-order valence-electron chi connectivity index (χ4n) is 5.30. The quantitative estimate of drug-likeness (QED) is 0.605. The summed E-state index contributed by atoms with van der Waals surface area (Å²) in [7, 11) is 0. The lowest BCUT2D eigenvalue weighted by Crippen LogP contribution is -2.42. The summed E-state index contributed by atoms with van der Waals surface area (Å²) in [5.74, 6) is -0.143. The molecule has 0 spiro atoms. The molecule has 1 heterocycles. The van der Waals surface area contributed by atoms with E-state index >= 15 is 0 Å². The normalized spacial score (nSPS) is 22.7. The van der Waals surface area contributed by atoms with Crippen LogP contribution in [0.4, 0.5) is 4.39 Å². The number of carbonyl (C=O) groups excluding carboxylic acids is 1. The molecule has 0 radical (unpaired) electrons. The summed E-state index contributed by atoms with van der Waals surface area (Å²) in [5.41, 5.74) is 0.0744. The highest BCUT2D eigenvalue weighted by Crippen LogP contribution is 2.46. The Balaban J connectivity index is 1.40. The van der Waals surface area contributed by atoms with Gasteiger partial charge in [-0.15, -0.1) is 0 Å². The number of morpholine rings is 1. The number of benzene rings is 1. The molecule has 0 N–H and O–H groups in total. The van der Waals surface area contributed by atoms with Crippen LogP contribution in [0.3, 0.4) is 0 Å². The van der Waals surface area contributed by atoms with E-state index in [-0.39, 0.29) is 11.4 Å². The molecule has 2 aliphatic carbocycles. The van der Waals surface area contributed by atoms with E-state index in [9.17, 15) is 9.18 Å². The number of nitrogens with zero attached hydrogens (tertiary/aromatic N) is 1. The summed E-state index contributed by atoms with van der Waals surface area (Å²) in [5, 5.41) is 0. The maximum atomic E-state index is 14.6. The Morgan fingerprint density at radius 1 is 1.10 bits per heavy atom. The smallest absolute Gasteiger partial charge is 0.338 e. The van der Waals surface area contributed by atoms with Crippen LogP contribution in [0.5, 0.6) is 5.75 Å². The molecule has 1 aliphatic heterocycles. The topological polar surface area (TPSA) is 48.0 Å². The number of halogens is 1. The second-order valence-corrected chi connectivity index (χ2v) is 8.94. The molecule has 4 rings (SSSR count). The predicted molar refractivity (Wildman–Crippen MR) is 112 cm³/mol. The lowest BCUT2D eigenvalue weighted by Gasteiger charge is -2.40. The molecule has 1 aromatic carbocycles. The molecule has 0 unspecified atom stereocenters. The average molecular weight is 420 g/mol. The maximum absolute atomic E-state index is 14.6. The summed E-state index contributed by atoms with van der Waals surface area (Å²) in [6, 6.07) is 4.36. The SMILES string of the molecule is O=C(OCCN1CCOCC1)c1ccc(F)c(OC2(C3CCCCC3)CCCC2)c1. The molecule has 0 bridgehead atoms. The van der Waals surface area contributed by atoms with Crippen LogP contribution in [0.1, 0.15) is 68.1 Å². The largest absolute Gasteiger partial charge is 0.484 e. The molecule has 30 heavy (non-hydrogen) atoms. The van der Waals surface area contributed by atoms with Crippen molar-refractivity contribution in [3.05, 3.63) is 29.6 Å². The lowest BCUT2D eigenvalue weighted by atomic mass is 9.75. The van der Waals surface area contributed by atoms with Crippen LogP contribution >= 0.6 is 0 Å². The Hall–Kier alpha value is -1.66. The number of ether oxygens (including phenoxy) is 3. The fourth-order valence-corrected chi connectivity index (χ4v) is 5.30. The molecule has 0 atom stereocenters. The third-order valence-corrected chi connectivity index (χ3v) is 7.02. The van der Waals surface area contributed by atoms with Gasteiger partial charge >= 0.3 is 5.97 Å². The predicted octanol–water partition coefficient (Wildman–Crippen LogP) is 4.59. The van der Waals surface area contributed by atoms with Crippen molar-refractivity contribution in [1.82, 2.24) is 4.90 Å². The highest BCUT2D eigenvalue weighted by Gasteiger charge is 2.44. The minimum absolute atomic E-state index is 0.199. The highest BCUT2D eigenvalue weighted by atomic mass is 19.1. The second-order valence-electron chi connectivity index (χ2n) is 8.94. The molecule has 2 saturated carbocycles. The van der Waals surface area contributed by atoms with Crippen LogP contribution in [0, 0.1) is 11.7 Å². The summed E-state index contributed by atoms with van der Waals surface area (Å²) >= 11 is 0. The Bertz CT molecular complexity index is 707. The van der Waals surface area contributed by atoms with Gasteiger partial charge in [0.15, 0.2) is 11.6 Å². The van der Waals surface area contributed by atoms with Gasteiger partial charge in [0.25, 0.3) is 0 Å². The minimum atomic E-state index is -0.425. The summed E-state index contributed by atoms with van der Waals surface area (Å²) in [6.45, 7) is 4.15. The van der Waals surface area contributed by atoms with E-state index in [0.717, 1.165) is 64.8 Å². The summed E-state index contributed by atoms with van der Waals surface area (Å²) in [6.07, 6.45) is 10.3. The van der Waals surface area contributed by atoms with E-state index in [1.807, 2.05) is 0 Å². The van der Waals surface area contributed by atoms with Gasteiger partial charge in [-0.25, -0.2) is 9.18 Å². The van der Waals surface area contributed by atoms with Gasteiger partial charge in [-0.3, -0.25) is 4.90 Å². The van der Waals surface area contributed by atoms with E-state index in [1.165, 1.54) is 37.5 Å². The van der Waals surface area contributed by atoms with Crippen LogP contribution in [-0.2, 0) is 9.47 Å². The molecule has 0 aromatic heterocycles. The molecule has 3 fully saturated rings. The van der Waals surface area contributed by atoms with Gasteiger partial charge in [0.2, 0.25) is 0 Å². The maximum Gasteiger partial charge on any atom is 0.338 e. The number of carbonyl (C=O) groups is 1. The highest BCUT2D eigenvalue weighted by molar-refractivity contribution is 5.89. The van der Waals surface area contributed by atoms with Crippen LogP contribution in [-0.4, -0.2) is 55.9 Å². The van der Waals surface area contributed by atoms with E-state index in [1.54, 1.807) is 0 Å². The van der Waals surface area contributed by atoms with Gasteiger partial charge in [-0.1, -0.05) is 19.3 Å². The summed E-state index contributed by atoms with van der Waals surface area (Å²) in [4.78, 5) is 14.7. The Morgan fingerprint density at radius 2 is 1.83 bits per heavy atom. The molecule has 5 nitrogen and oxygen atoms in total. The van der Waals surface area contributed by atoms with Crippen LogP contribution < -0.4 is 4.74 Å². The van der Waals surface area contributed by atoms with Crippen molar-refractivity contribution in [3.63, 3.8) is 0 Å². The zero-order valence-corrected chi connectivity index (χ0v) is 17.9. The molecule has 6 heteroatoms. The third-order valence-electron chi connectivity index (χ3n) is 7.02. The first kappa shape index (κ1) is 21.6. The lowest BCUT2D eigenvalue weighted by molar-refractivity contribution is -0.00559. The van der Waals surface area contributed by atoms with Crippen molar-refractivity contribution < 1.29 is 23.4 Å². The van der Waals surface area contributed by atoms with Crippen molar-refractivity contribution in [3.8, 4) is 5.75 Å². The molecule has 3 aliphatic rings. The van der Waals surface area contributed by atoms with Crippen molar-refractivity contribution in [2.45, 2.75) is 63.4 Å². The van der Waals surface area contributed by atoms with E-state index in [2.05, 4.69) is 4.90 Å². The molecule has 166 valence electrons. The van der Waals surface area contributed by atoms with Crippen molar-refractivity contribution >= 4 is 5.97 Å². The minimum Gasteiger partial charge on any atom is -0.484 e. The van der Waals surface area contributed by atoms with Gasteiger partial charge < -0.3 is 14.2 Å². The standard InChI is InChI=1S/C24H34FNO4/c25-21-9-8-19(23(27)29-17-14-26-12-15-28-16-13-26)18-22(21)30-24(10-4-5-11-24)20-6-2-1-3-7-20/h8-9,18,20H,1-7,10-17H2. The van der Waals surface area contributed by atoms with Crippen molar-refractivity contribution in [1.29, 1.82) is 0 Å². The van der Waals surface area contributed by atoms with Gasteiger partial charge in [0.05, 0.1) is 18.8 Å². The van der Waals surface area contributed by atoms with Gasteiger partial charge in [-0.05, 0) is 62.6 Å². The van der Waals surface area contributed by atoms with E-state index < -0.39 is 11.8 Å². The van der Waals surface area contributed by atoms with Gasteiger partial charge in [0.1, 0.15) is 12.2 Å². The van der Waals surface area contributed by atoms with E-state index in [0.29, 0.717) is 24.6 Å². The number of rotatable bonds is 7. The van der Waals surface area contributed by atoms with Crippen LogP contribution in [0.15, 0.2) is 18.2 Å². The van der Waals surface area contributed by atoms with E-state index in [4.69, 9.17) is 14.2 Å². The number of esters is 1. The molecule has 1 aromatic rings. The molecular weight excluding hydrogens is 385 g/mol. The van der Waals surface area contributed by atoms with Gasteiger partial charge in [0, 0.05) is 19.6 Å². The van der Waals surface area contributed by atoms with Crippen molar-refractivity contribution in [2.75, 3.05) is 39.5 Å². The first-order chi connectivity index (χ1) is 14.7. The Kier molecular flexibility index (Phi) is 7.26. The fraction of sp³-hybridized carbons (Fsp3) is 0.708. The molecule has 1 saturated heterocycles. The summed E-state index contributed by atoms with van der Waals surface area (Å²) < 4.78 is 31.8. The zero-order valence-electron chi connectivity index (χ0n) is 17.9. The van der Waals surface area contributed by atoms with Crippen molar-refractivity contribution in [2.24, 2.45) is 5.92 Å². The average Bonchev–Trinajstić information content (AvgIpc) is 3.26. The van der Waals surface area contributed by atoms with Crippen LogP contribution in [0.2, 0.25) is 0 Å².